The molecule has 23 heavy (non-hydrogen) atoms. The second-order valence-electron chi connectivity index (χ2n) is 5.01. The van der Waals surface area contributed by atoms with Crippen molar-refractivity contribution >= 4 is 17.4 Å². The predicted molar refractivity (Wildman–Crippen MR) is 88.7 cm³/mol. The summed E-state index contributed by atoms with van der Waals surface area (Å²) < 4.78 is 1.11. The highest BCUT2D eigenvalue weighted by Crippen LogP contribution is 2.21. The Morgan fingerprint density at radius 3 is 2.43 bits per heavy atom. The summed E-state index contributed by atoms with van der Waals surface area (Å²) in [6, 6.07) is 0. The fourth-order valence-electron chi connectivity index (χ4n) is 1.76. The van der Waals surface area contributed by atoms with E-state index in [-0.39, 0.29) is 0 Å². The van der Waals surface area contributed by atoms with Crippen LogP contribution < -0.4 is 5.43 Å². The molecule has 0 spiro atoms. The summed E-state index contributed by atoms with van der Waals surface area (Å²) in [4.78, 5) is 27.1. The highest BCUT2D eigenvalue weighted by atomic mass is 16.4. The number of aromatic nitrogens is 2. The fourth-order valence-corrected chi connectivity index (χ4v) is 1.76. The van der Waals surface area contributed by atoms with Crippen molar-refractivity contribution < 1.29 is 15.0 Å². The van der Waals surface area contributed by atoms with Gasteiger partial charge in [0.1, 0.15) is 0 Å². The molecular weight excluding hydrogens is 298 g/mol. The van der Waals surface area contributed by atoms with Crippen molar-refractivity contribution in [2.75, 3.05) is 0 Å². The third-order valence-corrected chi connectivity index (χ3v) is 2.66. The van der Waals surface area contributed by atoms with Crippen LogP contribution in [0.4, 0.5) is 0 Å². The zero-order valence-electron chi connectivity index (χ0n) is 13.5. The van der Waals surface area contributed by atoms with E-state index < -0.39 is 22.8 Å². The zero-order valence-corrected chi connectivity index (χ0v) is 13.5. The molecule has 1 aromatic rings. The number of carbonyl (C=O) groups is 1. The maximum absolute atomic E-state index is 11.6. The molecule has 0 aliphatic rings. The molecule has 1 rings (SSSR count). The number of carboxylic acid groups (broad SMARTS) is 1. The van der Waals surface area contributed by atoms with Gasteiger partial charge in [0, 0.05) is 5.71 Å². The Hall–Kier alpha value is -2.96. The molecule has 0 saturated heterocycles. The Labute approximate surface area is 133 Å². The number of nitrogens with zero attached hydrogens (tertiary/aromatic N) is 3. The van der Waals surface area contributed by atoms with E-state index in [1.165, 1.54) is 0 Å². The van der Waals surface area contributed by atoms with Crippen LogP contribution in [0.1, 0.15) is 38.2 Å². The van der Waals surface area contributed by atoms with Gasteiger partial charge in [-0.3, -0.25) is 9.79 Å². The van der Waals surface area contributed by atoms with Gasteiger partial charge in [-0.2, -0.15) is 5.10 Å². The first-order valence-corrected chi connectivity index (χ1v) is 6.80. The highest BCUT2D eigenvalue weighted by Gasteiger charge is 2.17. The van der Waals surface area contributed by atoms with Gasteiger partial charge in [0.25, 0.3) is 5.43 Å². The predicted octanol–water partition coefficient (Wildman–Crippen LogP) is 2.45. The molecule has 0 amide bonds. The minimum atomic E-state index is -1.52. The average molecular weight is 317 g/mol. The lowest BCUT2D eigenvalue weighted by Crippen LogP contribution is -2.21. The van der Waals surface area contributed by atoms with Crippen molar-refractivity contribution in [1.29, 1.82) is 0 Å². The van der Waals surface area contributed by atoms with Gasteiger partial charge in [-0.1, -0.05) is 12.7 Å². The molecule has 1 aromatic heterocycles. The third kappa shape index (κ3) is 4.26. The van der Waals surface area contributed by atoms with Crippen molar-refractivity contribution in [3.05, 3.63) is 52.1 Å². The molecule has 0 unspecified atom stereocenters. The molecular formula is C16H19N3O4. The maximum Gasteiger partial charge on any atom is 0.360 e. The van der Waals surface area contributed by atoms with Gasteiger partial charge in [0.05, 0.1) is 17.6 Å². The molecule has 0 aromatic carbocycles. The number of aromatic carboxylic acids is 1. The topological polar surface area (TPSA) is 105 Å². The molecule has 0 radical (unpaired) electrons. The monoisotopic (exact) mass is 317 g/mol. The van der Waals surface area contributed by atoms with Crippen LogP contribution >= 0.6 is 0 Å². The van der Waals surface area contributed by atoms with Gasteiger partial charge in [0.2, 0.25) is 5.69 Å². The van der Waals surface area contributed by atoms with Crippen LogP contribution in [-0.2, 0) is 0 Å². The van der Waals surface area contributed by atoms with Crippen LogP contribution in [0.2, 0.25) is 0 Å². The summed E-state index contributed by atoms with van der Waals surface area (Å²) >= 11 is 0. The van der Waals surface area contributed by atoms with Crippen LogP contribution in [0.25, 0.3) is 5.70 Å². The SMILES string of the molecule is C=C(C)C(N=C(C)C)=C(C=CC)n1cc(O)c(=O)c(C(=O)O)n1. The summed E-state index contributed by atoms with van der Waals surface area (Å²) in [5.41, 5.74) is 0.421. The second kappa shape index (κ2) is 7.35. The zero-order chi connectivity index (χ0) is 17.7. The van der Waals surface area contributed by atoms with Crippen molar-refractivity contribution in [2.24, 2.45) is 4.99 Å². The summed E-state index contributed by atoms with van der Waals surface area (Å²) in [5, 5.41) is 22.5. The standard InChI is InChI=1S/C16H19N3O4/c1-6-7-11(13(9(2)3)17-10(4)5)19-8-12(20)15(21)14(18-19)16(22)23/h6-8,20H,2H2,1,3-5H3,(H,22,23). The first kappa shape index (κ1) is 18.1. The summed E-state index contributed by atoms with van der Waals surface area (Å²) in [6.07, 6.45) is 4.39. The molecule has 1 heterocycles. The smallest absolute Gasteiger partial charge is 0.360 e. The quantitative estimate of drug-likeness (QED) is 0.641. The van der Waals surface area contributed by atoms with E-state index in [4.69, 9.17) is 5.11 Å². The van der Waals surface area contributed by atoms with Crippen LogP contribution in [0.5, 0.6) is 5.75 Å². The van der Waals surface area contributed by atoms with E-state index in [0.29, 0.717) is 17.0 Å². The number of allylic oxidation sites excluding steroid dienone is 4. The number of hydrogen-bond acceptors (Lipinski definition) is 5. The number of carboxylic acids is 1. The normalized spacial score (nSPS) is 12.0. The Morgan fingerprint density at radius 2 is 2.00 bits per heavy atom. The van der Waals surface area contributed by atoms with Gasteiger partial charge in [-0.05, 0) is 39.3 Å². The van der Waals surface area contributed by atoms with Crippen LogP contribution in [0.15, 0.2) is 46.0 Å². The second-order valence-corrected chi connectivity index (χ2v) is 5.01. The third-order valence-electron chi connectivity index (χ3n) is 2.66. The lowest BCUT2D eigenvalue weighted by molar-refractivity contribution is 0.0686. The lowest BCUT2D eigenvalue weighted by Gasteiger charge is -2.12. The Balaban J connectivity index is 3.85. The van der Waals surface area contributed by atoms with E-state index in [2.05, 4.69) is 16.7 Å². The van der Waals surface area contributed by atoms with E-state index in [1.54, 1.807) is 39.8 Å². The first-order chi connectivity index (χ1) is 10.7. The molecule has 0 saturated carbocycles. The molecule has 0 fully saturated rings. The van der Waals surface area contributed by atoms with Gasteiger partial charge in [-0.25, -0.2) is 9.48 Å². The fraction of sp³-hybridized carbons (Fsp3) is 0.250. The summed E-state index contributed by atoms with van der Waals surface area (Å²) in [5.74, 6) is -2.23. The molecule has 122 valence electrons. The largest absolute Gasteiger partial charge is 0.503 e. The number of hydrogen-bond donors (Lipinski definition) is 2. The summed E-state index contributed by atoms with van der Waals surface area (Å²) in [6.45, 7) is 11.0. The number of aromatic hydroxyl groups is 1. The van der Waals surface area contributed by atoms with Crippen LogP contribution in [0, 0.1) is 0 Å². The van der Waals surface area contributed by atoms with Crippen molar-refractivity contribution in [3.8, 4) is 5.75 Å². The van der Waals surface area contributed by atoms with E-state index in [9.17, 15) is 14.7 Å². The van der Waals surface area contributed by atoms with Crippen LogP contribution in [-0.4, -0.2) is 31.7 Å². The minimum Gasteiger partial charge on any atom is -0.503 e. The molecule has 7 heteroatoms. The Morgan fingerprint density at radius 1 is 1.39 bits per heavy atom. The molecule has 0 aliphatic heterocycles. The van der Waals surface area contributed by atoms with Crippen molar-refractivity contribution in [1.82, 2.24) is 9.78 Å². The molecule has 2 N–H and O–H groups in total. The lowest BCUT2D eigenvalue weighted by atomic mass is 10.2. The minimum absolute atomic E-state index is 0.388. The van der Waals surface area contributed by atoms with Crippen LogP contribution in [0.3, 0.4) is 0 Å². The number of rotatable bonds is 5. The van der Waals surface area contributed by atoms with Gasteiger partial charge >= 0.3 is 5.97 Å². The van der Waals surface area contributed by atoms with Crippen molar-refractivity contribution in [3.63, 3.8) is 0 Å². The maximum atomic E-state index is 11.6. The Kier molecular flexibility index (Phi) is 5.78. The Bertz CT molecular complexity index is 794. The first-order valence-electron chi connectivity index (χ1n) is 6.80. The highest BCUT2D eigenvalue weighted by molar-refractivity contribution is 5.86. The summed E-state index contributed by atoms with van der Waals surface area (Å²) in [7, 11) is 0. The van der Waals surface area contributed by atoms with Gasteiger partial charge in [-0.15, -0.1) is 0 Å². The van der Waals surface area contributed by atoms with E-state index in [1.807, 2.05) is 0 Å². The van der Waals surface area contributed by atoms with Gasteiger partial charge in [0.15, 0.2) is 5.75 Å². The van der Waals surface area contributed by atoms with E-state index >= 15 is 0 Å². The van der Waals surface area contributed by atoms with Crippen molar-refractivity contribution in [2.45, 2.75) is 27.7 Å². The average Bonchev–Trinajstić information content (AvgIpc) is 2.44. The molecule has 0 atom stereocenters. The van der Waals surface area contributed by atoms with E-state index in [0.717, 1.165) is 16.6 Å². The molecule has 0 aliphatic carbocycles. The number of aliphatic imine (C=N–C) groups is 1. The molecule has 0 bridgehead atoms. The van der Waals surface area contributed by atoms with Gasteiger partial charge < -0.3 is 10.2 Å². The molecule has 7 nitrogen and oxygen atoms in total.